The highest BCUT2D eigenvalue weighted by atomic mass is 16.3. The molecule has 138 valence electrons. The zero-order valence-corrected chi connectivity index (χ0v) is 15.4. The molecule has 1 aromatic rings. The summed E-state index contributed by atoms with van der Waals surface area (Å²) in [4.78, 5) is 15.0. The normalized spacial score (nSPS) is 26.3. The van der Waals surface area contributed by atoms with Crippen molar-refractivity contribution in [1.82, 2.24) is 10.2 Å². The van der Waals surface area contributed by atoms with Crippen LogP contribution in [-0.4, -0.2) is 35.2 Å². The smallest absolute Gasteiger partial charge is 0.318 e. The second kappa shape index (κ2) is 8.22. The van der Waals surface area contributed by atoms with E-state index in [0.717, 1.165) is 24.9 Å². The average Bonchev–Trinajstić information content (AvgIpc) is 2.67. The zero-order valence-electron chi connectivity index (χ0n) is 15.4. The van der Waals surface area contributed by atoms with E-state index in [9.17, 15) is 9.90 Å². The Morgan fingerprint density at radius 3 is 2.60 bits per heavy atom. The van der Waals surface area contributed by atoms with Crippen molar-refractivity contribution in [3.8, 4) is 0 Å². The summed E-state index contributed by atoms with van der Waals surface area (Å²) < 4.78 is 0. The van der Waals surface area contributed by atoms with Crippen LogP contribution in [0.2, 0.25) is 0 Å². The fourth-order valence-corrected chi connectivity index (χ4v) is 4.70. The van der Waals surface area contributed by atoms with Crippen LogP contribution in [0.25, 0.3) is 0 Å². The van der Waals surface area contributed by atoms with Crippen molar-refractivity contribution in [2.24, 2.45) is 5.92 Å². The lowest BCUT2D eigenvalue weighted by Crippen LogP contribution is -2.61. The van der Waals surface area contributed by atoms with E-state index in [4.69, 9.17) is 0 Å². The van der Waals surface area contributed by atoms with Gasteiger partial charge in [0.05, 0.1) is 5.54 Å². The first-order valence-electron chi connectivity index (χ1n) is 9.91. The van der Waals surface area contributed by atoms with Crippen LogP contribution in [0, 0.1) is 5.92 Å². The summed E-state index contributed by atoms with van der Waals surface area (Å²) >= 11 is 0. The Labute approximate surface area is 151 Å². The van der Waals surface area contributed by atoms with Gasteiger partial charge in [0.1, 0.15) is 0 Å². The van der Waals surface area contributed by atoms with Crippen LogP contribution in [0.3, 0.4) is 0 Å². The minimum Gasteiger partial charge on any atom is -0.396 e. The number of aliphatic hydroxyl groups is 1. The van der Waals surface area contributed by atoms with Crippen LogP contribution >= 0.6 is 0 Å². The molecule has 0 bridgehead atoms. The number of carbonyl (C=O) groups is 1. The third-order valence-electron chi connectivity index (χ3n) is 6.30. The van der Waals surface area contributed by atoms with Crippen LogP contribution in [0.15, 0.2) is 30.3 Å². The predicted octanol–water partition coefficient (Wildman–Crippen LogP) is 4.04. The summed E-state index contributed by atoms with van der Waals surface area (Å²) in [5.41, 5.74) is 0.811. The molecule has 1 saturated carbocycles. The third kappa shape index (κ3) is 4.00. The van der Waals surface area contributed by atoms with E-state index in [0.29, 0.717) is 18.4 Å². The Bertz CT molecular complexity index is 556. The van der Waals surface area contributed by atoms with Gasteiger partial charge >= 0.3 is 6.03 Å². The summed E-state index contributed by atoms with van der Waals surface area (Å²) in [7, 11) is 0. The van der Waals surface area contributed by atoms with Gasteiger partial charge in [0.25, 0.3) is 0 Å². The molecule has 0 unspecified atom stereocenters. The lowest BCUT2D eigenvalue weighted by atomic mass is 9.79. The first kappa shape index (κ1) is 18.2. The number of rotatable bonds is 6. The van der Waals surface area contributed by atoms with E-state index in [1.165, 1.54) is 32.1 Å². The van der Waals surface area contributed by atoms with Crippen molar-refractivity contribution in [3.05, 3.63) is 35.9 Å². The molecular formula is C21H32N2O2. The number of urea groups is 1. The van der Waals surface area contributed by atoms with Crippen molar-refractivity contribution >= 4 is 6.03 Å². The number of nitrogens with zero attached hydrogens (tertiary/aromatic N) is 1. The highest BCUT2D eigenvalue weighted by Crippen LogP contribution is 2.36. The molecule has 25 heavy (non-hydrogen) atoms. The summed E-state index contributed by atoms with van der Waals surface area (Å²) in [6.45, 7) is 3.18. The first-order chi connectivity index (χ1) is 12.2. The van der Waals surface area contributed by atoms with Gasteiger partial charge < -0.3 is 15.3 Å². The number of nitrogens with one attached hydrogen (secondary N) is 1. The van der Waals surface area contributed by atoms with E-state index < -0.39 is 0 Å². The van der Waals surface area contributed by atoms with Gasteiger partial charge in [-0.1, -0.05) is 49.6 Å². The maximum Gasteiger partial charge on any atom is 0.318 e. The molecule has 2 aliphatic rings. The molecule has 3 rings (SSSR count). The SMILES string of the molecule is C[C@@H](C1CCCCC1)N1CC[C@](CCCO)(c2ccccc2)NC1=O. The minimum atomic E-state index is -0.343. The maximum absolute atomic E-state index is 13.0. The Kier molecular flexibility index (Phi) is 6.00. The van der Waals surface area contributed by atoms with Crippen LogP contribution in [0.5, 0.6) is 0 Å². The highest BCUT2D eigenvalue weighted by molar-refractivity contribution is 5.76. The fourth-order valence-electron chi connectivity index (χ4n) is 4.70. The molecule has 1 saturated heterocycles. The summed E-state index contributed by atoms with van der Waals surface area (Å²) in [5, 5.41) is 12.6. The van der Waals surface area contributed by atoms with Crippen molar-refractivity contribution in [2.45, 2.75) is 69.9 Å². The van der Waals surface area contributed by atoms with Crippen LogP contribution in [0.1, 0.15) is 63.9 Å². The van der Waals surface area contributed by atoms with Gasteiger partial charge in [0, 0.05) is 19.2 Å². The number of aliphatic hydroxyl groups excluding tert-OH is 1. The number of hydrogen-bond acceptors (Lipinski definition) is 2. The molecule has 2 fully saturated rings. The maximum atomic E-state index is 13.0. The predicted molar refractivity (Wildman–Crippen MR) is 100 cm³/mol. The third-order valence-corrected chi connectivity index (χ3v) is 6.30. The summed E-state index contributed by atoms with van der Waals surface area (Å²) in [6, 6.07) is 10.6. The Balaban J connectivity index is 1.74. The molecule has 0 radical (unpaired) electrons. The Morgan fingerprint density at radius 2 is 1.96 bits per heavy atom. The molecule has 0 spiro atoms. The van der Waals surface area contributed by atoms with Crippen molar-refractivity contribution in [2.75, 3.05) is 13.2 Å². The van der Waals surface area contributed by atoms with Crippen LogP contribution < -0.4 is 5.32 Å². The second-order valence-electron chi connectivity index (χ2n) is 7.79. The van der Waals surface area contributed by atoms with Gasteiger partial charge in [-0.2, -0.15) is 0 Å². The number of hydrogen-bond donors (Lipinski definition) is 2. The standard InChI is InChI=1S/C21H32N2O2/c1-17(18-9-4-2-5-10-18)23-15-14-21(13-8-16-24,22-20(23)25)19-11-6-3-7-12-19/h3,6-7,11-12,17-18,24H,2,4-5,8-10,13-16H2,1H3,(H,22,25)/t17-,21+/m0/s1. The lowest BCUT2D eigenvalue weighted by Gasteiger charge is -2.47. The van der Waals surface area contributed by atoms with Crippen molar-refractivity contribution < 1.29 is 9.90 Å². The highest BCUT2D eigenvalue weighted by Gasteiger charge is 2.41. The molecule has 2 amide bonds. The lowest BCUT2D eigenvalue weighted by molar-refractivity contribution is 0.0905. The van der Waals surface area contributed by atoms with E-state index in [2.05, 4.69) is 29.3 Å². The zero-order chi connectivity index (χ0) is 17.7. The van der Waals surface area contributed by atoms with E-state index >= 15 is 0 Å². The fraction of sp³-hybridized carbons (Fsp3) is 0.667. The summed E-state index contributed by atoms with van der Waals surface area (Å²) in [6.07, 6.45) is 8.83. The van der Waals surface area contributed by atoms with E-state index in [1.54, 1.807) is 0 Å². The molecule has 1 aromatic carbocycles. The van der Waals surface area contributed by atoms with Gasteiger partial charge in [0.15, 0.2) is 0 Å². The van der Waals surface area contributed by atoms with Crippen LogP contribution in [0.4, 0.5) is 4.79 Å². The Morgan fingerprint density at radius 1 is 1.24 bits per heavy atom. The van der Waals surface area contributed by atoms with Gasteiger partial charge in [-0.05, 0) is 50.5 Å². The topological polar surface area (TPSA) is 52.6 Å². The summed E-state index contributed by atoms with van der Waals surface area (Å²) in [5.74, 6) is 0.640. The van der Waals surface area contributed by atoms with Gasteiger partial charge in [-0.25, -0.2) is 4.79 Å². The molecule has 1 aliphatic heterocycles. The minimum absolute atomic E-state index is 0.0612. The molecule has 1 heterocycles. The molecule has 0 aromatic heterocycles. The van der Waals surface area contributed by atoms with E-state index in [1.807, 2.05) is 18.2 Å². The molecular weight excluding hydrogens is 312 g/mol. The molecule has 4 nitrogen and oxygen atoms in total. The molecule has 2 atom stereocenters. The van der Waals surface area contributed by atoms with Crippen molar-refractivity contribution in [1.29, 1.82) is 0 Å². The van der Waals surface area contributed by atoms with Gasteiger partial charge in [-0.3, -0.25) is 0 Å². The van der Waals surface area contributed by atoms with E-state index in [-0.39, 0.29) is 18.2 Å². The average molecular weight is 344 g/mol. The second-order valence-corrected chi connectivity index (χ2v) is 7.79. The number of carbonyl (C=O) groups excluding carboxylic acids is 1. The van der Waals surface area contributed by atoms with Gasteiger partial charge in [-0.15, -0.1) is 0 Å². The number of amides is 2. The quantitative estimate of drug-likeness (QED) is 0.818. The number of benzene rings is 1. The molecule has 1 aliphatic carbocycles. The first-order valence-corrected chi connectivity index (χ1v) is 9.91. The Hall–Kier alpha value is -1.55. The van der Waals surface area contributed by atoms with Crippen LogP contribution in [-0.2, 0) is 5.54 Å². The monoisotopic (exact) mass is 344 g/mol. The van der Waals surface area contributed by atoms with Gasteiger partial charge in [0.2, 0.25) is 0 Å². The molecule has 2 N–H and O–H groups in total. The largest absolute Gasteiger partial charge is 0.396 e. The van der Waals surface area contributed by atoms with Crippen molar-refractivity contribution in [3.63, 3.8) is 0 Å². The molecule has 4 heteroatoms.